The minimum atomic E-state index is 0.855. The van der Waals surface area contributed by atoms with E-state index in [-0.39, 0.29) is 0 Å². The van der Waals surface area contributed by atoms with Gasteiger partial charge in [-0.2, -0.15) is 0 Å². The molecular formula is C6H7BrN2S. The number of imidazole rings is 1. The van der Waals surface area contributed by atoms with Gasteiger partial charge in [0.2, 0.25) is 0 Å². The van der Waals surface area contributed by atoms with Gasteiger partial charge in [0.15, 0.2) is 5.16 Å². The number of hydrogen-bond acceptors (Lipinski definition) is 2. The lowest BCUT2D eigenvalue weighted by atomic mass is 10.8. The lowest BCUT2D eigenvalue weighted by Gasteiger charge is -1.92. The van der Waals surface area contributed by atoms with Crippen molar-refractivity contribution < 1.29 is 0 Å². The van der Waals surface area contributed by atoms with Gasteiger partial charge in [-0.05, 0) is 4.48 Å². The van der Waals surface area contributed by atoms with Crippen LogP contribution in [0.5, 0.6) is 0 Å². The first kappa shape index (κ1) is 7.88. The predicted molar refractivity (Wildman–Crippen MR) is 47.4 cm³/mol. The summed E-state index contributed by atoms with van der Waals surface area (Å²) in [5.41, 5.74) is 0. The molecule has 0 bridgehead atoms. The highest BCUT2D eigenvalue weighted by atomic mass is 79.9. The van der Waals surface area contributed by atoms with Crippen LogP contribution >= 0.6 is 27.7 Å². The van der Waals surface area contributed by atoms with Crippen LogP contribution in [-0.2, 0) is 0 Å². The molecule has 0 aliphatic heterocycles. The highest BCUT2D eigenvalue weighted by Gasteiger charge is 1.94. The summed E-state index contributed by atoms with van der Waals surface area (Å²) in [6, 6.07) is 0. The molecule has 1 N–H and O–H groups in total. The first-order valence-corrected chi connectivity index (χ1v) is 4.52. The molecule has 0 radical (unpaired) electrons. The summed E-state index contributed by atoms with van der Waals surface area (Å²) in [5, 5.41) is 0.931. The normalized spacial score (nSPS) is 9.70. The minimum absolute atomic E-state index is 0.855. The smallest absolute Gasteiger partial charge is 0.165 e. The summed E-state index contributed by atoms with van der Waals surface area (Å²) < 4.78 is 0.980. The van der Waals surface area contributed by atoms with Crippen molar-refractivity contribution in [2.75, 3.05) is 5.75 Å². The molecule has 2 nitrogen and oxygen atoms in total. The van der Waals surface area contributed by atoms with E-state index in [4.69, 9.17) is 0 Å². The Morgan fingerprint density at radius 2 is 2.70 bits per heavy atom. The van der Waals surface area contributed by atoms with Gasteiger partial charge in [-0.25, -0.2) is 4.98 Å². The maximum absolute atomic E-state index is 4.03. The van der Waals surface area contributed by atoms with Gasteiger partial charge in [0.1, 0.15) is 0 Å². The van der Waals surface area contributed by atoms with Gasteiger partial charge in [0.25, 0.3) is 0 Å². The number of halogens is 1. The van der Waals surface area contributed by atoms with Crippen molar-refractivity contribution in [2.24, 2.45) is 0 Å². The Morgan fingerprint density at radius 1 is 1.90 bits per heavy atom. The van der Waals surface area contributed by atoms with E-state index in [1.165, 1.54) is 0 Å². The SMILES string of the molecule is C=C(Br)CSc1ncc[nH]1. The minimum Gasteiger partial charge on any atom is -0.340 e. The third-order valence-corrected chi connectivity index (χ3v) is 2.48. The number of aromatic nitrogens is 2. The lowest BCUT2D eigenvalue weighted by Crippen LogP contribution is -1.77. The first-order valence-electron chi connectivity index (χ1n) is 2.74. The van der Waals surface area contributed by atoms with Gasteiger partial charge in [-0.3, -0.25) is 0 Å². The summed E-state index contributed by atoms with van der Waals surface area (Å²) in [4.78, 5) is 7.02. The van der Waals surface area contributed by atoms with Crippen molar-refractivity contribution in [1.29, 1.82) is 0 Å². The highest BCUT2D eigenvalue weighted by Crippen LogP contribution is 2.17. The number of aromatic amines is 1. The molecule has 1 aromatic heterocycles. The van der Waals surface area contributed by atoms with Crippen LogP contribution in [-0.4, -0.2) is 15.7 Å². The van der Waals surface area contributed by atoms with Gasteiger partial charge in [-0.15, -0.1) is 0 Å². The zero-order valence-electron chi connectivity index (χ0n) is 5.30. The van der Waals surface area contributed by atoms with E-state index in [1.54, 1.807) is 24.2 Å². The summed E-state index contributed by atoms with van der Waals surface area (Å²) in [5.74, 6) is 0.855. The second-order valence-electron chi connectivity index (χ2n) is 1.70. The molecule has 4 heteroatoms. The third kappa shape index (κ3) is 2.58. The van der Waals surface area contributed by atoms with E-state index in [2.05, 4.69) is 32.5 Å². The molecule has 1 rings (SSSR count). The van der Waals surface area contributed by atoms with Crippen molar-refractivity contribution in [3.05, 3.63) is 23.5 Å². The van der Waals surface area contributed by atoms with Gasteiger partial charge < -0.3 is 4.98 Å². The van der Waals surface area contributed by atoms with Crippen LogP contribution in [0.3, 0.4) is 0 Å². The van der Waals surface area contributed by atoms with E-state index in [1.807, 2.05) is 0 Å². The van der Waals surface area contributed by atoms with Crippen LogP contribution in [0.15, 0.2) is 28.6 Å². The fraction of sp³-hybridized carbons (Fsp3) is 0.167. The van der Waals surface area contributed by atoms with Crippen LogP contribution in [0.4, 0.5) is 0 Å². The van der Waals surface area contributed by atoms with Crippen LogP contribution in [0.25, 0.3) is 0 Å². The summed E-state index contributed by atoms with van der Waals surface area (Å²) >= 11 is 4.89. The zero-order valence-corrected chi connectivity index (χ0v) is 7.70. The molecule has 0 aliphatic rings. The number of thioether (sulfide) groups is 1. The highest BCUT2D eigenvalue weighted by molar-refractivity contribution is 9.11. The number of nitrogens with zero attached hydrogens (tertiary/aromatic N) is 1. The van der Waals surface area contributed by atoms with Gasteiger partial charge >= 0.3 is 0 Å². The van der Waals surface area contributed by atoms with E-state index in [0.717, 1.165) is 15.4 Å². The van der Waals surface area contributed by atoms with E-state index in [9.17, 15) is 0 Å². The van der Waals surface area contributed by atoms with Gasteiger partial charge in [-0.1, -0.05) is 34.3 Å². The Labute approximate surface area is 72.3 Å². The predicted octanol–water partition coefficient (Wildman–Crippen LogP) is 2.41. The molecule has 0 fully saturated rings. The quantitative estimate of drug-likeness (QED) is 0.790. The Kier molecular flexibility index (Phi) is 3.02. The van der Waals surface area contributed by atoms with Crippen LogP contribution in [0, 0.1) is 0 Å². The monoisotopic (exact) mass is 218 g/mol. The van der Waals surface area contributed by atoms with Crippen molar-refractivity contribution in [3.63, 3.8) is 0 Å². The van der Waals surface area contributed by atoms with E-state index < -0.39 is 0 Å². The first-order chi connectivity index (χ1) is 4.79. The Bertz CT molecular complexity index is 208. The molecule has 0 spiro atoms. The molecule has 0 saturated carbocycles. The molecule has 10 heavy (non-hydrogen) atoms. The molecular weight excluding hydrogens is 212 g/mol. The maximum Gasteiger partial charge on any atom is 0.165 e. The molecule has 0 atom stereocenters. The van der Waals surface area contributed by atoms with Crippen molar-refractivity contribution >= 4 is 27.7 Å². The Balaban J connectivity index is 2.35. The molecule has 0 unspecified atom stereocenters. The molecule has 0 aliphatic carbocycles. The number of H-pyrrole nitrogens is 1. The van der Waals surface area contributed by atoms with E-state index >= 15 is 0 Å². The zero-order chi connectivity index (χ0) is 7.40. The Hall–Kier alpha value is -0.220. The molecule has 0 aromatic carbocycles. The molecule has 0 amide bonds. The van der Waals surface area contributed by atoms with Crippen LogP contribution < -0.4 is 0 Å². The standard InChI is InChI=1S/C6H7BrN2S/c1-5(7)4-10-6-8-2-3-9-6/h2-3H,1,4H2,(H,8,9). The Morgan fingerprint density at radius 3 is 3.20 bits per heavy atom. The topological polar surface area (TPSA) is 28.7 Å². The second kappa shape index (κ2) is 3.83. The van der Waals surface area contributed by atoms with Gasteiger partial charge in [0.05, 0.1) is 0 Å². The average molecular weight is 219 g/mol. The van der Waals surface area contributed by atoms with Crippen molar-refractivity contribution in [2.45, 2.75) is 5.16 Å². The molecule has 54 valence electrons. The van der Waals surface area contributed by atoms with Crippen molar-refractivity contribution in [3.8, 4) is 0 Å². The number of nitrogens with one attached hydrogen (secondary N) is 1. The van der Waals surface area contributed by atoms with E-state index in [0.29, 0.717) is 0 Å². The second-order valence-corrected chi connectivity index (χ2v) is 3.79. The number of rotatable bonds is 3. The third-order valence-electron chi connectivity index (χ3n) is 0.839. The fourth-order valence-electron chi connectivity index (χ4n) is 0.476. The largest absolute Gasteiger partial charge is 0.340 e. The maximum atomic E-state index is 4.03. The fourth-order valence-corrected chi connectivity index (χ4v) is 1.40. The average Bonchev–Trinajstić information content (AvgIpc) is 2.34. The van der Waals surface area contributed by atoms with Gasteiger partial charge in [0, 0.05) is 18.1 Å². The summed E-state index contributed by atoms with van der Waals surface area (Å²) in [6.45, 7) is 3.71. The number of hydrogen-bond donors (Lipinski definition) is 1. The van der Waals surface area contributed by atoms with Crippen LogP contribution in [0.1, 0.15) is 0 Å². The summed E-state index contributed by atoms with van der Waals surface area (Å²) in [6.07, 6.45) is 3.54. The molecule has 0 saturated heterocycles. The molecule has 1 aromatic rings. The van der Waals surface area contributed by atoms with Crippen molar-refractivity contribution in [1.82, 2.24) is 9.97 Å². The lowest BCUT2D eigenvalue weighted by molar-refractivity contribution is 1.06. The summed E-state index contributed by atoms with van der Waals surface area (Å²) in [7, 11) is 0. The molecule has 1 heterocycles. The van der Waals surface area contributed by atoms with Crippen LogP contribution in [0.2, 0.25) is 0 Å².